The van der Waals surface area contributed by atoms with Crippen LogP contribution in [0.15, 0.2) is 64.9 Å². The smallest absolute Gasteiger partial charge is 0.489 e. The van der Waals surface area contributed by atoms with Gasteiger partial charge in [-0.15, -0.1) is 24.5 Å². The molecule has 2 aromatic carbocycles. The van der Waals surface area contributed by atoms with Gasteiger partial charge >= 0.3 is 6.36 Å². The molecule has 1 fully saturated rings. The number of amides is 1. The van der Waals surface area contributed by atoms with E-state index in [9.17, 15) is 26.4 Å². The molecule has 1 amide bonds. The van der Waals surface area contributed by atoms with Crippen molar-refractivity contribution in [3.05, 3.63) is 76.1 Å². The second-order valence-corrected chi connectivity index (χ2v) is 12.0. The van der Waals surface area contributed by atoms with Gasteiger partial charge in [-0.05, 0) is 60.4 Å². The third-order valence-corrected chi connectivity index (χ3v) is 9.15. The molecule has 1 aromatic heterocycles. The predicted octanol–water partition coefficient (Wildman–Crippen LogP) is 5.35. The average Bonchev–Trinajstić information content (AvgIpc) is 3.52. The summed E-state index contributed by atoms with van der Waals surface area (Å²) in [5, 5.41) is 2.80. The van der Waals surface area contributed by atoms with E-state index in [-0.39, 0.29) is 29.7 Å². The van der Waals surface area contributed by atoms with E-state index in [0.717, 1.165) is 16.9 Å². The SMILES string of the molecule is O=C(NCc1cccc(OCc2ccc(OC(F)(F)F)cc2)c1)[C@@H]1CCCN1S(=O)(=O)c1ccc(Cl)s1. The standard InChI is InChI=1S/C24H22ClF3N2O5S2/c25-21-10-11-22(36-21)37(32,33)30-12-2-5-20(30)23(31)29-14-17-3-1-4-19(13-17)34-15-16-6-8-18(9-7-16)35-24(26,27)28/h1,3-4,6-11,13,20H,2,5,12,14-15H2,(H,29,31)/t20-/m0/s1. The minimum atomic E-state index is -4.75. The van der Waals surface area contributed by atoms with Crippen molar-refractivity contribution in [1.29, 1.82) is 0 Å². The number of nitrogens with zero attached hydrogens (tertiary/aromatic N) is 1. The first-order chi connectivity index (χ1) is 17.5. The number of carbonyl (C=O) groups is 1. The minimum absolute atomic E-state index is 0.101. The zero-order chi connectivity index (χ0) is 26.6. The van der Waals surface area contributed by atoms with Gasteiger partial charge in [0.2, 0.25) is 5.91 Å². The molecule has 4 rings (SSSR count). The number of alkyl halides is 3. The normalized spacial score (nSPS) is 16.5. The molecule has 0 aliphatic carbocycles. The van der Waals surface area contributed by atoms with Crippen LogP contribution in [0.2, 0.25) is 4.34 Å². The highest BCUT2D eigenvalue weighted by atomic mass is 35.5. The third kappa shape index (κ3) is 7.16. The van der Waals surface area contributed by atoms with Crippen LogP contribution in [-0.4, -0.2) is 37.6 Å². The van der Waals surface area contributed by atoms with Gasteiger partial charge in [0.25, 0.3) is 10.0 Å². The van der Waals surface area contributed by atoms with Gasteiger partial charge < -0.3 is 14.8 Å². The lowest BCUT2D eigenvalue weighted by molar-refractivity contribution is -0.274. The van der Waals surface area contributed by atoms with Crippen LogP contribution >= 0.6 is 22.9 Å². The number of nitrogens with one attached hydrogen (secondary N) is 1. The second-order valence-electron chi connectivity index (χ2n) is 8.18. The van der Waals surface area contributed by atoms with Gasteiger partial charge in [-0.25, -0.2) is 8.42 Å². The van der Waals surface area contributed by atoms with E-state index < -0.39 is 28.3 Å². The number of carbonyl (C=O) groups excluding carboxylic acids is 1. The Hall–Kier alpha value is -2.80. The Labute approximate surface area is 220 Å². The summed E-state index contributed by atoms with van der Waals surface area (Å²) in [6.07, 6.45) is -3.76. The molecule has 0 bridgehead atoms. The zero-order valence-electron chi connectivity index (χ0n) is 19.2. The van der Waals surface area contributed by atoms with Crippen LogP contribution in [0.25, 0.3) is 0 Å². The van der Waals surface area contributed by atoms with Crippen molar-refractivity contribution in [2.24, 2.45) is 0 Å². The minimum Gasteiger partial charge on any atom is -0.489 e. The fraction of sp³-hybridized carbons (Fsp3) is 0.292. The molecule has 1 aliphatic heterocycles. The highest BCUT2D eigenvalue weighted by Crippen LogP contribution is 2.32. The van der Waals surface area contributed by atoms with E-state index in [4.69, 9.17) is 16.3 Å². The summed E-state index contributed by atoms with van der Waals surface area (Å²) >= 11 is 6.84. The fourth-order valence-corrected chi connectivity index (χ4v) is 7.12. The van der Waals surface area contributed by atoms with Crippen molar-refractivity contribution in [2.75, 3.05) is 6.54 Å². The summed E-state index contributed by atoms with van der Waals surface area (Å²) in [7, 11) is -3.82. The Bertz CT molecular complexity index is 1350. The van der Waals surface area contributed by atoms with E-state index in [1.165, 1.54) is 40.7 Å². The van der Waals surface area contributed by atoms with E-state index in [2.05, 4.69) is 10.1 Å². The van der Waals surface area contributed by atoms with Crippen LogP contribution in [0, 0.1) is 0 Å². The van der Waals surface area contributed by atoms with E-state index >= 15 is 0 Å². The van der Waals surface area contributed by atoms with Crippen molar-refractivity contribution in [2.45, 2.75) is 42.6 Å². The van der Waals surface area contributed by atoms with Crippen molar-refractivity contribution in [3.63, 3.8) is 0 Å². The number of rotatable bonds is 9. The van der Waals surface area contributed by atoms with Crippen molar-refractivity contribution < 1.29 is 35.9 Å². The lowest BCUT2D eigenvalue weighted by Crippen LogP contribution is -2.45. The molecular weight excluding hydrogens is 553 g/mol. The average molecular weight is 575 g/mol. The number of thiophene rings is 1. The Morgan fingerprint density at radius 1 is 1.08 bits per heavy atom. The summed E-state index contributed by atoms with van der Waals surface area (Å²) in [4.78, 5) is 12.9. The first-order valence-electron chi connectivity index (χ1n) is 11.1. The molecule has 0 saturated carbocycles. The van der Waals surface area contributed by atoms with E-state index in [1.807, 2.05) is 0 Å². The van der Waals surface area contributed by atoms with Gasteiger partial charge in [-0.1, -0.05) is 35.9 Å². The Kier molecular flexibility index (Phi) is 8.32. The van der Waals surface area contributed by atoms with Gasteiger partial charge in [0.05, 0.1) is 4.34 Å². The first kappa shape index (κ1) is 27.2. The molecule has 0 radical (unpaired) electrons. The molecule has 37 heavy (non-hydrogen) atoms. The summed E-state index contributed by atoms with van der Waals surface area (Å²) in [5.74, 6) is -0.208. The lowest BCUT2D eigenvalue weighted by atomic mass is 10.2. The number of hydrogen-bond donors (Lipinski definition) is 1. The highest BCUT2D eigenvalue weighted by molar-refractivity contribution is 7.91. The van der Waals surface area contributed by atoms with Crippen LogP contribution in [-0.2, 0) is 28.0 Å². The molecule has 1 atom stereocenters. The van der Waals surface area contributed by atoms with Gasteiger partial charge in [-0.2, -0.15) is 4.31 Å². The molecule has 1 N–H and O–H groups in total. The lowest BCUT2D eigenvalue weighted by Gasteiger charge is -2.22. The van der Waals surface area contributed by atoms with Crippen LogP contribution in [0.4, 0.5) is 13.2 Å². The van der Waals surface area contributed by atoms with E-state index in [0.29, 0.717) is 28.5 Å². The molecule has 1 aliphatic rings. The van der Waals surface area contributed by atoms with Crippen LogP contribution in [0.5, 0.6) is 11.5 Å². The summed E-state index contributed by atoms with van der Waals surface area (Å²) in [6.45, 7) is 0.529. The van der Waals surface area contributed by atoms with Gasteiger partial charge in [0.15, 0.2) is 0 Å². The third-order valence-electron chi connectivity index (χ3n) is 5.55. The molecule has 13 heteroatoms. The van der Waals surface area contributed by atoms with Crippen molar-refractivity contribution >= 4 is 38.9 Å². The zero-order valence-corrected chi connectivity index (χ0v) is 21.6. The van der Waals surface area contributed by atoms with Gasteiger partial charge in [0.1, 0.15) is 28.4 Å². The van der Waals surface area contributed by atoms with E-state index in [1.54, 1.807) is 24.3 Å². The van der Waals surface area contributed by atoms with Crippen LogP contribution in [0.3, 0.4) is 0 Å². The fourth-order valence-electron chi connectivity index (χ4n) is 3.85. The maximum Gasteiger partial charge on any atom is 0.573 e. The van der Waals surface area contributed by atoms with Crippen molar-refractivity contribution in [3.8, 4) is 11.5 Å². The molecular formula is C24H22ClF3N2O5S2. The summed E-state index contributed by atoms with van der Waals surface area (Å²) in [5.41, 5.74) is 1.38. The summed E-state index contributed by atoms with van der Waals surface area (Å²) in [6, 6.07) is 14.4. The Balaban J connectivity index is 1.32. The first-order valence-corrected chi connectivity index (χ1v) is 13.8. The monoisotopic (exact) mass is 574 g/mol. The molecule has 0 unspecified atom stereocenters. The topological polar surface area (TPSA) is 84.9 Å². The number of sulfonamides is 1. The molecule has 198 valence electrons. The molecule has 7 nitrogen and oxygen atoms in total. The number of halogens is 4. The number of ether oxygens (including phenoxy) is 2. The van der Waals surface area contributed by atoms with Gasteiger partial charge in [0, 0.05) is 13.1 Å². The quantitative estimate of drug-likeness (QED) is 0.372. The largest absolute Gasteiger partial charge is 0.573 e. The molecule has 3 aromatic rings. The molecule has 1 saturated heterocycles. The summed E-state index contributed by atoms with van der Waals surface area (Å²) < 4.78 is 74.1. The Morgan fingerprint density at radius 2 is 1.84 bits per heavy atom. The Morgan fingerprint density at radius 3 is 2.51 bits per heavy atom. The predicted molar refractivity (Wildman–Crippen MR) is 132 cm³/mol. The highest BCUT2D eigenvalue weighted by Gasteiger charge is 2.40. The number of benzene rings is 2. The van der Waals surface area contributed by atoms with Crippen LogP contribution < -0.4 is 14.8 Å². The van der Waals surface area contributed by atoms with Crippen LogP contribution in [0.1, 0.15) is 24.0 Å². The maximum atomic E-state index is 13.0. The second kappa shape index (κ2) is 11.3. The number of hydrogen-bond acceptors (Lipinski definition) is 6. The maximum absolute atomic E-state index is 13.0. The van der Waals surface area contributed by atoms with Crippen molar-refractivity contribution in [1.82, 2.24) is 9.62 Å². The van der Waals surface area contributed by atoms with Gasteiger partial charge in [-0.3, -0.25) is 4.79 Å². The molecule has 0 spiro atoms. The molecule has 2 heterocycles.